The van der Waals surface area contributed by atoms with Crippen LogP contribution in [0.15, 0.2) is 12.2 Å². The molecular formula is C12H18Cl2O4. The van der Waals surface area contributed by atoms with E-state index < -0.39 is 16.8 Å². The Labute approximate surface area is 117 Å². The summed E-state index contributed by atoms with van der Waals surface area (Å²) in [5.74, 6) is -0.922. The fourth-order valence-corrected chi connectivity index (χ4v) is 1.16. The van der Waals surface area contributed by atoms with Crippen LogP contribution in [0.4, 0.5) is 0 Å². The summed E-state index contributed by atoms with van der Waals surface area (Å²) in [6.07, 6.45) is 5.57. The van der Waals surface area contributed by atoms with Gasteiger partial charge in [-0.1, -0.05) is 19.1 Å². The Morgan fingerprint density at radius 2 is 1.72 bits per heavy atom. The lowest BCUT2D eigenvalue weighted by Gasteiger charge is -2.05. The molecule has 0 aliphatic rings. The Morgan fingerprint density at radius 3 is 2.28 bits per heavy atom. The van der Waals surface area contributed by atoms with Crippen molar-refractivity contribution in [1.82, 2.24) is 0 Å². The summed E-state index contributed by atoms with van der Waals surface area (Å²) >= 11 is 10.8. The number of hydrogen-bond donors (Lipinski definition) is 0. The highest BCUT2D eigenvalue weighted by atomic mass is 35.5. The zero-order valence-electron chi connectivity index (χ0n) is 10.4. The van der Waals surface area contributed by atoms with Gasteiger partial charge in [-0.2, -0.15) is 0 Å². The molecule has 0 aromatic carbocycles. The molecule has 0 radical (unpaired) electrons. The van der Waals surface area contributed by atoms with Gasteiger partial charge in [0.1, 0.15) is 11.4 Å². The van der Waals surface area contributed by atoms with Gasteiger partial charge in [-0.15, -0.1) is 23.2 Å². The number of carbonyl (C=O) groups excluding carboxylic acids is 2. The first-order chi connectivity index (χ1) is 8.56. The highest BCUT2D eigenvalue weighted by Gasteiger charge is 2.10. The van der Waals surface area contributed by atoms with Crippen LogP contribution in [-0.4, -0.2) is 30.0 Å². The highest BCUT2D eigenvalue weighted by molar-refractivity contribution is 6.44. The normalized spacial score (nSPS) is 10.9. The van der Waals surface area contributed by atoms with Gasteiger partial charge in [0.15, 0.2) is 0 Å². The molecule has 0 rings (SSSR count). The van der Waals surface area contributed by atoms with Crippen molar-refractivity contribution in [3.8, 4) is 0 Å². The molecule has 0 bridgehead atoms. The first-order valence-corrected chi connectivity index (χ1v) is 6.68. The summed E-state index contributed by atoms with van der Waals surface area (Å²) < 4.78 is 9.60. The van der Waals surface area contributed by atoms with Gasteiger partial charge in [0.2, 0.25) is 0 Å². The number of rotatable bonds is 9. The van der Waals surface area contributed by atoms with Crippen LogP contribution in [0.3, 0.4) is 0 Å². The van der Waals surface area contributed by atoms with Gasteiger partial charge in [-0.3, -0.25) is 9.59 Å². The van der Waals surface area contributed by atoms with Gasteiger partial charge >= 0.3 is 11.9 Å². The van der Waals surface area contributed by atoms with Crippen molar-refractivity contribution in [3.05, 3.63) is 12.2 Å². The number of carbonyl (C=O) groups is 2. The Kier molecular flexibility index (Phi) is 10.9. The van der Waals surface area contributed by atoms with Crippen molar-refractivity contribution in [1.29, 1.82) is 0 Å². The molecule has 0 heterocycles. The van der Waals surface area contributed by atoms with E-state index in [1.54, 1.807) is 0 Å². The number of ether oxygens (including phenoxy) is 2. The fourth-order valence-electron chi connectivity index (χ4n) is 1.03. The third-order valence-corrected chi connectivity index (χ3v) is 2.11. The van der Waals surface area contributed by atoms with Crippen molar-refractivity contribution >= 4 is 35.1 Å². The standard InChI is InChI=1S/C12H18Cl2O4/c1-2-3-4-5-8-17-11(15)6-7-12(16)18-9-10(13)14/h3-4,10H,2,5-9H2,1H3/b4-3+. The number of allylic oxidation sites excluding steroid dienone is 1. The fraction of sp³-hybridized carbons (Fsp3) is 0.667. The summed E-state index contributed by atoms with van der Waals surface area (Å²) in [7, 11) is 0. The zero-order valence-corrected chi connectivity index (χ0v) is 11.9. The summed E-state index contributed by atoms with van der Waals surface area (Å²) in [6.45, 7) is 2.29. The lowest BCUT2D eigenvalue weighted by molar-refractivity contribution is -0.150. The predicted octanol–water partition coefficient (Wildman–Crippen LogP) is 3.01. The Balaban J connectivity index is 3.52. The number of esters is 2. The van der Waals surface area contributed by atoms with E-state index in [1.807, 2.05) is 19.1 Å². The van der Waals surface area contributed by atoms with E-state index in [0.29, 0.717) is 13.0 Å². The molecule has 0 aliphatic heterocycles. The van der Waals surface area contributed by atoms with Crippen LogP contribution in [0.5, 0.6) is 0 Å². The van der Waals surface area contributed by atoms with E-state index in [9.17, 15) is 9.59 Å². The molecule has 6 heteroatoms. The van der Waals surface area contributed by atoms with E-state index in [-0.39, 0.29) is 19.4 Å². The van der Waals surface area contributed by atoms with Crippen molar-refractivity contribution in [2.75, 3.05) is 13.2 Å². The Bertz CT molecular complexity index is 277. The van der Waals surface area contributed by atoms with Crippen molar-refractivity contribution < 1.29 is 19.1 Å². The average Bonchev–Trinajstić information content (AvgIpc) is 2.33. The maximum atomic E-state index is 11.2. The summed E-state index contributed by atoms with van der Waals surface area (Å²) in [4.78, 5) is 21.6. The molecule has 0 fully saturated rings. The van der Waals surface area contributed by atoms with Crippen LogP contribution in [0.2, 0.25) is 0 Å². The molecule has 104 valence electrons. The van der Waals surface area contributed by atoms with Gasteiger partial charge in [0.25, 0.3) is 0 Å². The molecule has 0 unspecified atom stereocenters. The molecule has 4 nitrogen and oxygen atoms in total. The topological polar surface area (TPSA) is 52.6 Å². The monoisotopic (exact) mass is 296 g/mol. The van der Waals surface area contributed by atoms with Crippen molar-refractivity contribution in [2.24, 2.45) is 0 Å². The predicted molar refractivity (Wildman–Crippen MR) is 70.7 cm³/mol. The van der Waals surface area contributed by atoms with Crippen LogP contribution in [0, 0.1) is 0 Å². The van der Waals surface area contributed by atoms with Gasteiger partial charge < -0.3 is 9.47 Å². The van der Waals surface area contributed by atoms with Gasteiger partial charge in [0.05, 0.1) is 19.4 Å². The summed E-state index contributed by atoms with van der Waals surface area (Å²) in [5, 5.41) is 0. The maximum absolute atomic E-state index is 11.2. The van der Waals surface area contributed by atoms with Crippen LogP contribution in [0.1, 0.15) is 32.6 Å². The average molecular weight is 297 g/mol. The zero-order chi connectivity index (χ0) is 13.8. The molecule has 0 amide bonds. The molecule has 0 spiro atoms. The molecule has 0 aromatic rings. The van der Waals surface area contributed by atoms with Crippen LogP contribution >= 0.6 is 23.2 Å². The lowest BCUT2D eigenvalue weighted by atomic mass is 10.3. The molecule has 0 saturated heterocycles. The first kappa shape index (κ1) is 17.3. The van der Waals surface area contributed by atoms with E-state index in [1.165, 1.54) is 0 Å². The van der Waals surface area contributed by atoms with E-state index in [0.717, 1.165) is 6.42 Å². The SMILES string of the molecule is CC/C=C/CCOC(=O)CCC(=O)OCC(Cl)Cl. The van der Waals surface area contributed by atoms with Crippen LogP contribution in [-0.2, 0) is 19.1 Å². The second kappa shape index (κ2) is 11.4. The third kappa shape index (κ3) is 11.7. The number of hydrogen-bond acceptors (Lipinski definition) is 4. The number of halogens is 2. The third-order valence-electron chi connectivity index (χ3n) is 1.85. The molecule has 18 heavy (non-hydrogen) atoms. The van der Waals surface area contributed by atoms with Gasteiger partial charge in [-0.25, -0.2) is 0 Å². The van der Waals surface area contributed by atoms with E-state index in [4.69, 9.17) is 27.9 Å². The second-order valence-electron chi connectivity index (χ2n) is 3.46. The molecule has 0 aromatic heterocycles. The Morgan fingerprint density at radius 1 is 1.11 bits per heavy atom. The second-order valence-corrected chi connectivity index (χ2v) is 4.74. The minimum Gasteiger partial charge on any atom is -0.465 e. The van der Waals surface area contributed by atoms with Gasteiger partial charge in [-0.05, 0) is 12.8 Å². The van der Waals surface area contributed by atoms with E-state index >= 15 is 0 Å². The van der Waals surface area contributed by atoms with Crippen molar-refractivity contribution in [3.63, 3.8) is 0 Å². The minimum atomic E-state index is -0.744. The summed E-state index contributed by atoms with van der Waals surface area (Å²) in [6, 6.07) is 0. The molecule has 0 atom stereocenters. The smallest absolute Gasteiger partial charge is 0.306 e. The first-order valence-electron chi connectivity index (χ1n) is 5.80. The largest absolute Gasteiger partial charge is 0.465 e. The maximum Gasteiger partial charge on any atom is 0.306 e. The van der Waals surface area contributed by atoms with Crippen LogP contribution in [0.25, 0.3) is 0 Å². The van der Waals surface area contributed by atoms with Crippen LogP contribution < -0.4 is 0 Å². The minimum absolute atomic E-state index is 0.00552. The summed E-state index contributed by atoms with van der Waals surface area (Å²) in [5.41, 5.74) is 0. The quantitative estimate of drug-likeness (QED) is 0.284. The van der Waals surface area contributed by atoms with E-state index in [2.05, 4.69) is 4.74 Å². The molecule has 0 saturated carbocycles. The lowest BCUT2D eigenvalue weighted by Crippen LogP contribution is -2.13. The highest BCUT2D eigenvalue weighted by Crippen LogP contribution is 2.03. The molecule has 0 N–H and O–H groups in total. The Hall–Kier alpha value is -0.740. The number of alkyl halides is 2. The van der Waals surface area contributed by atoms with Crippen molar-refractivity contribution in [2.45, 2.75) is 37.4 Å². The van der Waals surface area contributed by atoms with Gasteiger partial charge in [0, 0.05) is 0 Å². The molecular weight excluding hydrogens is 279 g/mol. The molecule has 0 aliphatic carbocycles.